The molecule has 0 spiro atoms. The molecule has 1 aliphatic heterocycles. The number of methoxy groups -OCH3 is 2. The molecule has 32 heavy (non-hydrogen) atoms. The number of nitrogens with one attached hydrogen (secondary N) is 1. The SMILES string of the molecule is COc1ccc(OC)c(CNc2nc(Cl)nc3c2ncn3[C@@H]2O[C@H](C(=O)O)[C@@H](N)[C@H]2O)c1. The predicted molar refractivity (Wildman–Crippen MR) is 113 cm³/mol. The third-order valence-electron chi connectivity index (χ3n) is 5.17. The van der Waals surface area contributed by atoms with Crippen LogP contribution in [0.1, 0.15) is 11.8 Å². The van der Waals surface area contributed by atoms with Crippen LogP contribution >= 0.6 is 11.6 Å². The lowest BCUT2D eigenvalue weighted by Gasteiger charge is -2.17. The molecule has 0 radical (unpaired) electrons. The van der Waals surface area contributed by atoms with Crippen LogP contribution in [0.15, 0.2) is 24.5 Å². The highest BCUT2D eigenvalue weighted by Crippen LogP contribution is 2.33. The molecule has 4 atom stereocenters. The molecule has 0 bridgehead atoms. The molecule has 2 aromatic heterocycles. The Labute approximate surface area is 186 Å². The van der Waals surface area contributed by atoms with Crippen LogP contribution in [-0.4, -0.2) is 68.2 Å². The minimum Gasteiger partial charge on any atom is -0.497 e. The lowest BCUT2D eigenvalue weighted by molar-refractivity contribution is -0.152. The van der Waals surface area contributed by atoms with Gasteiger partial charge >= 0.3 is 5.97 Å². The van der Waals surface area contributed by atoms with Crippen molar-refractivity contribution in [2.45, 2.75) is 31.0 Å². The van der Waals surface area contributed by atoms with Gasteiger partial charge < -0.3 is 35.5 Å². The predicted octanol–water partition coefficient (Wildman–Crippen LogP) is 0.779. The van der Waals surface area contributed by atoms with Crippen LogP contribution in [0.3, 0.4) is 0 Å². The molecule has 0 amide bonds. The highest BCUT2D eigenvalue weighted by Gasteiger charge is 2.46. The van der Waals surface area contributed by atoms with E-state index in [1.54, 1.807) is 26.4 Å². The number of imidazole rings is 1. The molecule has 3 aromatic rings. The van der Waals surface area contributed by atoms with E-state index in [1.807, 2.05) is 6.07 Å². The van der Waals surface area contributed by atoms with E-state index in [4.69, 9.17) is 31.5 Å². The Balaban J connectivity index is 1.66. The minimum absolute atomic E-state index is 0.0778. The largest absolute Gasteiger partial charge is 0.497 e. The van der Waals surface area contributed by atoms with Crippen LogP contribution in [0.2, 0.25) is 5.28 Å². The maximum Gasteiger partial charge on any atom is 0.334 e. The topological polar surface area (TPSA) is 167 Å². The Morgan fingerprint density at radius 1 is 1.34 bits per heavy atom. The summed E-state index contributed by atoms with van der Waals surface area (Å²) in [6.45, 7) is 0.310. The van der Waals surface area contributed by atoms with Crippen molar-refractivity contribution >= 4 is 34.6 Å². The van der Waals surface area contributed by atoms with Crippen molar-refractivity contribution < 1.29 is 29.2 Å². The first-order chi connectivity index (χ1) is 15.3. The molecule has 1 aromatic carbocycles. The monoisotopic (exact) mass is 464 g/mol. The molecule has 5 N–H and O–H groups in total. The van der Waals surface area contributed by atoms with Crippen molar-refractivity contribution in [3.05, 3.63) is 35.4 Å². The summed E-state index contributed by atoms with van der Waals surface area (Å²) in [5.74, 6) is 0.367. The van der Waals surface area contributed by atoms with Crippen LogP contribution in [0, 0.1) is 0 Å². The fourth-order valence-electron chi connectivity index (χ4n) is 3.54. The number of halogens is 1. The first kappa shape index (κ1) is 22.0. The molecule has 0 aliphatic carbocycles. The lowest BCUT2D eigenvalue weighted by atomic mass is 10.1. The Bertz CT molecular complexity index is 1160. The zero-order valence-corrected chi connectivity index (χ0v) is 17.9. The summed E-state index contributed by atoms with van der Waals surface area (Å²) in [6, 6.07) is 4.27. The van der Waals surface area contributed by atoms with Gasteiger partial charge in [-0.25, -0.2) is 9.78 Å². The van der Waals surface area contributed by atoms with E-state index >= 15 is 0 Å². The van der Waals surface area contributed by atoms with Gasteiger partial charge in [0.25, 0.3) is 0 Å². The normalized spacial score (nSPS) is 22.8. The Morgan fingerprint density at radius 2 is 2.12 bits per heavy atom. The number of nitrogens with two attached hydrogens (primary N) is 1. The molecule has 0 unspecified atom stereocenters. The van der Waals surface area contributed by atoms with E-state index in [2.05, 4.69) is 20.3 Å². The van der Waals surface area contributed by atoms with Crippen molar-refractivity contribution in [1.29, 1.82) is 0 Å². The molecule has 3 heterocycles. The zero-order chi connectivity index (χ0) is 23.0. The highest BCUT2D eigenvalue weighted by atomic mass is 35.5. The quantitative estimate of drug-likeness (QED) is 0.364. The van der Waals surface area contributed by atoms with E-state index in [-0.39, 0.29) is 10.9 Å². The molecule has 13 heteroatoms. The molecule has 1 fully saturated rings. The molecular formula is C19H21ClN6O6. The number of hydrogen-bond donors (Lipinski definition) is 4. The lowest BCUT2D eigenvalue weighted by Crippen LogP contribution is -2.43. The molecule has 1 aliphatic rings. The van der Waals surface area contributed by atoms with E-state index in [0.29, 0.717) is 29.4 Å². The highest BCUT2D eigenvalue weighted by molar-refractivity contribution is 6.28. The van der Waals surface area contributed by atoms with Crippen LogP contribution in [-0.2, 0) is 16.1 Å². The summed E-state index contributed by atoms with van der Waals surface area (Å²) >= 11 is 6.12. The summed E-state index contributed by atoms with van der Waals surface area (Å²) in [4.78, 5) is 24.0. The number of carbonyl (C=O) groups is 1. The number of aliphatic hydroxyl groups excluding tert-OH is 1. The third kappa shape index (κ3) is 3.88. The summed E-state index contributed by atoms with van der Waals surface area (Å²) in [7, 11) is 3.13. The molecule has 0 saturated carbocycles. The van der Waals surface area contributed by atoms with Crippen LogP contribution in [0.5, 0.6) is 11.5 Å². The van der Waals surface area contributed by atoms with Gasteiger partial charge in [0, 0.05) is 12.1 Å². The number of aliphatic carboxylic acids is 1. The average Bonchev–Trinajstić information content (AvgIpc) is 3.32. The summed E-state index contributed by atoms with van der Waals surface area (Å²) in [5.41, 5.74) is 7.20. The van der Waals surface area contributed by atoms with Gasteiger partial charge in [-0.3, -0.25) is 4.57 Å². The number of ether oxygens (including phenoxy) is 3. The number of hydrogen-bond acceptors (Lipinski definition) is 10. The van der Waals surface area contributed by atoms with Gasteiger partial charge in [0.1, 0.15) is 17.6 Å². The molecule has 1 saturated heterocycles. The number of benzene rings is 1. The zero-order valence-electron chi connectivity index (χ0n) is 17.1. The maximum atomic E-state index is 11.3. The molecule has 12 nitrogen and oxygen atoms in total. The fraction of sp³-hybridized carbons (Fsp3) is 0.368. The second kappa shape index (κ2) is 8.74. The van der Waals surface area contributed by atoms with Gasteiger partial charge in [0.05, 0.1) is 26.6 Å². The van der Waals surface area contributed by atoms with Crippen LogP contribution < -0.4 is 20.5 Å². The number of anilines is 1. The Hall–Kier alpha value is -3.19. The first-order valence-corrected chi connectivity index (χ1v) is 9.88. The van der Waals surface area contributed by atoms with Gasteiger partial charge in [0.15, 0.2) is 29.3 Å². The van der Waals surface area contributed by atoms with Gasteiger partial charge in [-0.05, 0) is 29.8 Å². The fourth-order valence-corrected chi connectivity index (χ4v) is 3.71. The van der Waals surface area contributed by atoms with Gasteiger partial charge in [-0.1, -0.05) is 0 Å². The van der Waals surface area contributed by atoms with E-state index in [1.165, 1.54) is 10.9 Å². The number of aliphatic hydroxyl groups is 1. The summed E-state index contributed by atoms with van der Waals surface area (Å²) in [5, 5.41) is 22.8. The first-order valence-electron chi connectivity index (χ1n) is 9.50. The van der Waals surface area contributed by atoms with Gasteiger partial charge in [0.2, 0.25) is 5.28 Å². The Kier molecular flexibility index (Phi) is 6.02. The second-order valence-corrected chi connectivity index (χ2v) is 7.39. The number of nitrogens with zero attached hydrogens (tertiary/aromatic N) is 4. The molecule has 4 rings (SSSR count). The number of rotatable bonds is 7. The standard InChI is InChI=1S/C19H21ClN6O6/c1-30-9-3-4-10(31-2)8(5-9)6-22-15-12-16(25-19(20)24-15)26(7-23-12)17-13(27)11(21)14(32-17)18(28)29/h3-5,7,11,13-14,17,27H,6,21H2,1-2H3,(H,28,29)(H,22,24,25)/t11-,13+,14-,17+/m0/s1. The van der Waals surface area contributed by atoms with Crippen molar-refractivity contribution in [2.75, 3.05) is 19.5 Å². The Morgan fingerprint density at radius 3 is 2.78 bits per heavy atom. The maximum absolute atomic E-state index is 11.3. The number of fused-ring (bicyclic) bond motifs is 1. The smallest absolute Gasteiger partial charge is 0.334 e. The van der Waals surface area contributed by atoms with Crippen molar-refractivity contribution in [2.24, 2.45) is 5.73 Å². The average molecular weight is 465 g/mol. The van der Waals surface area contributed by atoms with Gasteiger partial charge in [-0.2, -0.15) is 9.97 Å². The van der Waals surface area contributed by atoms with Crippen molar-refractivity contribution in [3.63, 3.8) is 0 Å². The third-order valence-corrected chi connectivity index (χ3v) is 5.34. The van der Waals surface area contributed by atoms with E-state index in [9.17, 15) is 15.0 Å². The van der Waals surface area contributed by atoms with Crippen LogP contribution in [0.4, 0.5) is 5.82 Å². The van der Waals surface area contributed by atoms with E-state index in [0.717, 1.165) is 5.56 Å². The van der Waals surface area contributed by atoms with E-state index < -0.39 is 30.4 Å². The second-order valence-electron chi connectivity index (χ2n) is 7.05. The molecule has 170 valence electrons. The van der Waals surface area contributed by atoms with Crippen molar-refractivity contribution in [3.8, 4) is 11.5 Å². The summed E-state index contributed by atoms with van der Waals surface area (Å²) in [6.07, 6.45) is -2.41. The van der Waals surface area contributed by atoms with Crippen LogP contribution in [0.25, 0.3) is 11.2 Å². The molecular weight excluding hydrogens is 444 g/mol. The van der Waals surface area contributed by atoms with Crippen molar-refractivity contribution in [1.82, 2.24) is 19.5 Å². The van der Waals surface area contributed by atoms with Gasteiger partial charge in [-0.15, -0.1) is 0 Å². The summed E-state index contributed by atoms with van der Waals surface area (Å²) < 4.78 is 17.5. The number of carboxylic acid groups (broad SMARTS) is 1. The number of aromatic nitrogens is 4. The number of carboxylic acids is 1. The minimum atomic E-state index is -1.37.